The number of carbonyl (C=O) groups is 1. The van der Waals surface area contributed by atoms with Crippen LogP contribution in [-0.2, 0) is 0 Å². The van der Waals surface area contributed by atoms with E-state index in [0.29, 0.717) is 17.1 Å². The number of rotatable bonds is 3. The number of nitrogens with zero attached hydrogens (tertiary/aromatic N) is 2. The SMILES string of the molecule is CC(N)C(=O)c1cnc2nc(C(C)C)[nH]c2c1. The summed E-state index contributed by atoms with van der Waals surface area (Å²) < 4.78 is 0. The van der Waals surface area contributed by atoms with Crippen molar-refractivity contribution in [1.82, 2.24) is 15.0 Å². The molecular weight excluding hydrogens is 216 g/mol. The molecular formula is C12H16N4O. The van der Waals surface area contributed by atoms with E-state index < -0.39 is 6.04 Å². The van der Waals surface area contributed by atoms with Crippen LogP contribution in [-0.4, -0.2) is 26.8 Å². The van der Waals surface area contributed by atoms with Crippen LogP contribution in [0.25, 0.3) is 11.2 Å². The second-order valence-corrected chi connectivity index (χ2v) is 4.52. The molecule has 3 N–H and O–H groups in total. The minimum Gasteiger partial charge on any atom is -0.340 e. The van der Waals surface area contributed by atoms with Crippen molar-refractivity contribution in [2.75, 3.05) is 0 Å². The van der Waals surface area contributed by atoms with Gasteiger partial charge in [0.15, 0.2) is 11.4 Å². The fourth-order valence-corrected chi connectivity index (χ4v) is 1.59. The van der Waals surface area contributed by atoms with Gasteiger partial charge in [0, 0.05) is 17.7 Å². The third kappa shape index (κ3) is 2.19. The van der Waals surface area contributed by atoms with E-state index in [9.17, 15) is 4.79 Å². The number of nitrogens with two attached hydrogens (primary N) is 1. The highest BCUT2D eigenvalue weighted by atomic mass is 16.1. The lowest BCUT2D eigenvalue weighted by atomic mass is 10.1. The van der Waals surface area contributed by atoms with Gasteiger partial charge in [-0.15, -0.1) is 0 Å². The maximum absolute atomic E-state index is 11.7. The van der Waals surface area contributed by atoms with Crippen molar-refractivity contribution in [3.63, 3.8) is 0 Å². The Morgan fingerprint density at radius 2 is 2.12 bits per heavy atom. The Kier molecular flexibility index (Phi) is 2.93. The second-order valence-electron chi connectivity index (χ2n) is 4.52. The van der Waals surface area contributed by atoms with Crippen LogP contribution in [0.5, 0.6) is 0 Å². The molecule has 1 unspecified atom stereocenters. The highest BCUT2D eigenvalue weighted by Gasteiger charge is 2.14. The van der Waals surface area contributed by atoms with Crippen molar-refractivity contribution in [3.8, 4) is 0 Å². The fraction of sp³-hybridized carbons (Fsp3) is 0.417. The molecule has 0 bridgehead atoms. The van der Waals surface area contributed by atoms with Gasteiger partial charge in [-0.1, -0.05) is 13.8 Å². The number of aromatic nitrogens is 3. The molecule has 0 aliphatic carbocycles. The van der Waals surface area contributed by atoms with Gasteiger partial charge in [0.2, 0.25) is 0 Å². The number of H-pyrrole nitrogens is 1. The summed E-state index contributed by atoms with van der Waals surface area (Å²) in [5.74, 6) is 1.06. The predicted octanol–water partition coefficient (Wildman–Crippen LogP) is 1.61. The van der Waals surface area contributed by atoms with Gasteiger partial charge in [0.1, 0.15) is 5.82 Å². The Bertz CT molecular complexity index is 557. The molecule has 0 fully saturated rings. The van der Waals surface area contributed by atoms with Gasteiger partial charge < -0.3 is 10.7 Å². The van der Waals surface area contributed by atoms with Crippen LogP contribution in [0.15, 0.2) is 12.3 Å². The van der Waals surface area contributed by atoms with E-state index in [1.807, 2.05) is 13.8 Å². The largest absolute Gasteiger partial charge is 0.340 e. The monoisotopic (exact) mass is 232 g/mol. The molecule has 0 saturated carbocycles. The minimum absolute atomic E-state index is 0.111. The van der Waals surface area contributed by atoms with E-state index in [1.165, 1.54) is 6.20 Å². The molecule has 2 aromatic rings. The number of aromatic amines is 1. The zero-order valence-electron chi connectivity index (χ0n) is 10.2. The molecule has 2 rings (SSSR count). The summed E-state index contributed by atoms with van der Waals surface area (Å²) in [4.78, 5) is 23.4. The summed E-state index contributed by atoms with van der Waals surface area (Å²) in [6.45, 7) is 5.76. The predicted molar refractivity (Wildman–Crippen MR) is 66.0 cm³/mol. The summed E-state index contributed by atoms with van der Waals surface area (Å²) in [5.41, 5.74) is 7.49. The van der Waals surface area contributed by atoms with Crippen molar-refractivity contribution in [1.29, 1.82) is 0 Å². The first-order valence-corrected chi connectivity index (χ1v) is 5.64. The van der Waals surface area contributed by atoms with Crippen molar-refractivity contribution >= 4 is 16.9 Å². The van der Waals surface area contributed by atoms with Gasteiger partial charge in [-0.3, -0.25) is 4.79 Å². The highest BCUT2D eigenvalue weighted by Crippen LogP contribution is 2.16. The Hall–Kier alpha value is -1.75. The molecule has 0 aromatic carbocycles. The molecule has 5 heteroatoms. The van der Waals surface area contributed by atoms with E-state index in [-0.39, 0.29) is 5.78 Å². The molecule has 2 heterocycles. The summed E-state index contributed by atoms with van der Waals surface area (Å²) in [6, 6.07) is 1.24. The first-order chi connectivity index (χ1) is 7.99. The van der Waals surface area contributed by atoms with Gasteiger partial charge in [0.25, 0.3) is 0 Å². The third-order valence-electron chi connectivity index (χ3n) is 2.60. The van der Waals surface area contributed by atoms with Gasteiger partial charge >= 0.3 is 0 Å². The topological polar surface area (TPSA) is 84.7 Å². The maximum Gasteiger partial charge on any atom is 0.180 e. The van der Waals surface area contributed by atoms with Gasteiger partial charge in [0.05, 0.1) is 11.6 Å². The van der Waals surface area contributed by atoms with Crippen LogP contribution in [0.3, 0.4) is 0 Å². The molecule has 0 saturated heterocycles. The van der Waals surface area contributed by atoms with Gasteiger partial charge in [-0.25, -0.2) is 9.97 Å². The summed E-state index contributed by atoms with van der Waals surface area (Å²) >= 11 is 0. The highest BCUT2D eigenvalue weighted by molar-refractivity contribution is 6.01. The standard InChI is InChI=1S/C12H16N4O/c1-6(2)11-15-9-4-8(10(17)7(3)13)5-14-12(9)16-11/h4-7H,13H2,1-3H3,(H,14,15,16). The number of imidazole rings is 1. The molecule has 0 radical (unpaired) electrons. The summed E-state index contributed by atoms with van der Waals surface area (Å²) in [7, 11) is 0. The zero-order valence-corrected chi connectivity index (χ0v) is 10.2. The van der Waals surface area contributed by atoms with Crippen molar-refractivity contribution in [2.24, 2.45) is 5.73 Å². The number of ketones is 1. The fourth-order valence-electron chi connectivity index (χ4n) is 1.59. The molecule has 90 valence electrons. The lowest BCUT2D eigenvalue weighted by Crippen LogP contribution is -2.26. The van der Waals surface area contributed by atoms with E-state index in [0.717, 1.165) is 11.3 Å². The molecule has 5 nitrogen and oxygen atoms in total. The van der Waals surface area contributed by atoms with E-state index in [2.05, 4.69) is 15.0 Å². The number of nitrogens with one attached hydrogen (secondary N) is 1. The third-order valence-corrected chi connectivity index (χ3v) is 2.60. The Morgan fingerprint density at radius 1 is 1.41 bits per heavy atom. The molecule has 17 heavy (non-hydrogen) atoms. The van der Waals surface area contributed by atoms with Crippen LogP contribution in [0.1, 0.15) is 42.9 Å². The smallest absolute Gasteiger partial charge is 0.180 e. The molecule has 0 aliphatic rings. The van der Waals surface area contributed by atoms with Crippen LogP contribution in [0.4, 0.5) is 0 Å². The normalized spacial score (nSPS) is 13.2. The molecule has 1 atom stereocenters. The minimum atomic E-state index is -0.512. The van der Waals surface area contributed by atoms with Gasteiger partial charge in [-0.05, 0) is 13.0 Å². The van der Waals surface area contributed by atoms with Crippen LogP contribution in [0.2, 0.25) is 0 Å². The lowest BCUT2D eigenvalue weighted by molar-refractivity contribution is 0.0968. The quantitative estimate of drug-likeness (QED) is 0.787. The van der Waals surface area contributed by atoms with Crippen molar-refractivity contribution < 1.29 is 4.79 Å². The van der Waals surface area contributed by atoms with E-state index in [4.69, 9.17) is 5.73 Å². The van der Waals surface area contributed by atoms with Crippen LogP contribution < -0.4 is 5.73 Å². The van der Waals surface area contributed by atoms with Gasteiger partial charge in [-0.2, -0.15) is 0 Å². The lowest BCUT2D eigenvalue weighted by Gasteiger charge is -2.02. The first kappa shape index (κ1) is 11.7. The number of pyridine rings is 1. The molecule has 0 amide bonds. The Morgan fingerprint density at radius 3 is 2.71 bits per heavy atom. The summed E-state index contributed by atoms with van der Waals surface area (Å²) in [6.07, 6.45) is 1.53. The van der Waals surface area contributed by atoms with Crippen molar-refractivity contribution in [2.45, 2.75) is 32.7 Å². The van der Waals surface area contributed by atoms with Crippen LogP contribution in [0, 0.1) is 0 Å². The number of hydrogen-bond acceptors (Lipinski definition) is 4. The number of hydrogen-bond donors (Lipinski definition) is 2. The number of carbonyl (C=O) groups excluding carboxylic acids is 1. The maximum atomic E-state index is 11.7. The Labute approximate surface area is 99.5 Å². The number of fused-ring (bicyclic) bond motifs is 1. The van der Waals surface area contributed by atoms with E-state index >= 15 is 0 Å². The first-order valence-electron chi connectivity index (χ1n) is 5.64. The molecule has 0 aliphatic heterocycles. The average Bonchev–Trinajstić information content (AvgIpc) is 2.70. The van der Waals surface area contributed by atoms with E-state index in [1.54, 1.807) is 13.0 Å². The second kappa shape index (κ2) is 4.25. The molecule has 2 aromatic heterocycles. The van der Waals surface area contributed by atoms with Crippen molar-refractivity contribution in [3.05, 3.63) is 23.7 Å². The summed E-state index contributed by atoms with van der Waals surface area (Å²) in [5, 5.41) is 0. The Balaban J connectivity index is 2.47. The van der Waals surface area contributed by atoms with Crippen LogP contribution >= 0.6 is 0 Å². The average molecular weight is 232 g/mol. The number of Topliss-reactive ketones (excluding diaryl/α,β-unsaturated/α-hetero) is 1. The molecule has 0 spiro atoms. The zero-order chi connectivity index (χ0) is 12.6.